The zero-order valence-electron chi connectivity index (χ0n) is 43.0. The van der Waals surface area contributed by atoms with E-state index >= 15 is 0 Å². The molecule has 80 heavy (non-hydrogen) atoms. The number of hydrogen-bond donors (Lipinski definition) is 0. The highest BCUT2D eigenvalue weighted by Crippen LogP contribution is 2.48. The van der Waals surface area contributed by atoms with Gasteiger partial charge in [0.2, 0.25) is 5.88 Å². The summed E-state index contributed by atoms with van der Waals surface area (Å²) in [4.78, 5) is 19.2. The SMILES string of the molecule is c1ccc(N2c3ccccc3B3c4nc5c(nc4Oc4cc(-n6c7ccccc7c7ccccc76)cc2c43)N(c2ccccc2)c2cc(-n3c4ccccc4c4ccccc43)cc3c2B5c2ccccc2N3c2ccccc2)cc1. The van der Waals surface area contributed by atoms with Gasteiger partial charge in [-0.3, -0.25) is 9.88 Å². The zero-order valence-corrected chi connectivity index (χ0v) is 43.0. The Bertz CT molecular complexity index is 4820. The normalized spacial score (nSPS) is 13.5. The predicted octanol–water partition coefficient (Wildman–Crippen LogP) is 13.2. The van der Waals surface area contributed by atoms with Crippen LogP contribution in [0.2, 0.25) is 0 Å². The molecular weight excluding hydrogens is 976 g/mol. The molecule has 0 N–H and O–H groups in total. The maximum atomic E-state index is 7.50. The Morgan fingerprint density at radius 3 is 1.16 bits per heavy atom. The van der Waals surface area contributed by atoms with Crippen molar-refractivity contribution in [3.63, 3.8) is 0 Å². The van der Waals surface area contributed by atoms with Crippen LogP contribution in [0.1, 0.15) is 0 Å². The molecule has 0 fully saturated rings. The Labute approximate surface area is 461 Å². The molecule has 8 nitrogen and oxygen atoms in total. The average Bonchev–Trinajstić information content (AvgIpc) is 4.03. The van der Waals surface area contributed by atoms with E-state index in [2.05, 4.69) is 285 Å². The van der Waals surface area contributed by atoms with Crippen LogP contribution in [0.3, 0.4) is 0 Å². The lowest BCUT2D eigenvalue weighted by molar-refractivity contribution is 0.466. The standard InChI is InChI=1S/C70H43B2N7O/c1-4-22-44(23-5-1)75-59-38-20-14-32-53(59)71-65-61(75)40-47(77-55-34-16-10-28-49(55)50-29-11-17-35-56(50)77)41-62(65)79(46-26-8-3-9-27-46)69-67(71)73-68-70(74-69)80-64-43-48(78-57-36-18-12-30-51(57)52-31-13-19-37-58(52)78)42-63-66(64)72(68)54-33-15-21-39-60(54)76(63)45-24-6-2-7-25-45/h1-43H. The van der Waals surface area contributed by atoms with Gasteiger partial charge in [-0.1, -0.05) is 164 Å². The van der Waals surface area contributed by atoms with E-state index in [0.717, 1.165) is 124 Å². The average molecular weight is 1020 g/mol. The van der Waals surface area contributed by atoms with Crippen molar-refractivity contribution in [2.24, 2.45) is 0 Å². The van der Waals surface area contributed by atoms with Gasteiger partial charge in [-0.25, -0.2) is 0 Å². The zero-order chi connectivity index (χ0) is 52.2. The van der Waals surface area contributed by atoms with E-state index in [-0.39, 0.29) is 13.4 Å². The molecule has 0 radical (unpaired) electrons. The number of nitrogens with zero attached hydrogens (tertiary/aromatic N) is 7. The Morgan fingerprint density at radius 1 is 0.300 bits per heavy atom. The third-order valence-electron chi connectivity index (χ3n) is 17.1. The van der Waals surface area contributed by atoms with E-state index in [1.54, 1.807) is 0 Å². The Morgan fingerprint density at radius 2 is 0.675 bits per heavy atom. The number of aromatic nitrogens is 4. The molecule has 0 bridgehead atoms. The summed E-state index contributed by atoms with van der Waals surface area (Å²) in [5.74, 6) is 1.98. The van der Waals surface area contributed by atoms with E-state index in [9.17, 15) is 0 Å². The van der Waals surface area contributed by atoms with Crippen LogP contribution in [0.15, 0.2) is 261 Å². The Balaban J connectivity index is 0.937. The first-order valence-corrected chi connectivity index (χ1v) is 27.4. The van der Waals surface area contributed by atoms with Gasteiger partial charge in [0.25, 0.3) is 13.4 Å². The minimum absolute atomic E-state index is 0.297. The minimum atomic E-state index is -0.312. The van der Waals surface area contributed by atoms with E-state index < -0.39 is 0 Å². The quantitative estimate of drug-likeness (QED) is 0.160. The van der Waals surface area contributed by atoms with Gasteiger partial charge in [-0.05, 0) is 113 Å². The lowest BCUT2D eigenvalue weighted by atomic mass is 9.33. The van der Waals surface area contributed by atoms with Gasteiger partial charge < -0.3 is 23.7 Å². The maximum absolute atomic E-state index is 7.50. The number of ether oxygens (including phenoxy) is 1. The number of benzene rings is 11. The fourth-order valence-corrected chi connectivity index (χ4v) is 13.9. The summed E-state index contributed by atoms with van der Waals surface area (Å²) in [7, 11) is 0. The molecule has 10 heteroatoms. The highest BCUT2D eigenvalue weighted by atomic mass is 16.5. The summed E-state index contributed by atoms with van der Waals surface area (Å²) in [6.45, 7) is -0.609. The number of fused-ring (bicyclic) bond motifs is 14. The van der Waals surface area contributed by atoms with Gasteiger partial charge in [0.05, 0.1) is 44.6 Å². The second kappa shape index (κ2) is 16.5. The van der Waals surface area contributed by atoms with Crippen LogP contribution in [-0.4, -0.2) is 32.5 Å². The molecule has 11 aromatic carbocycles. The maximum Gasteiger partial charge on any atom is 0.281 e. The Kier molecular flexibility index (Phi) is 8.96. The van der Waals surface area contributed by atoms with Crippen molar-refractivity contribution in [2.45, 2.75) is 0 Å². The second-order valence-electron chi connectivity index (χ2n) is 21.2. The van der Waals surface area contributed by atoms with Gasteiger partial charge in [0.15, 0.2) is 5.82 Å². The first-order valence-electron chi connectivity index (χ1n) is 27.4. The van der Waals surface area contributed by atoms with Crippen molar-refractivity contribution in [3.8, 4) is 23.0 Å². The van der Waals surface area contributed by atoms with Crippen LogP contribution in [0, 0.1) is 0 Å². The molecule has 18 rings (SSSR count). The van der Waals surface area contributed by atoms with Crippen molar-refractivity contribution in [3.05, 3.63) is 261 Å². The highest BCUT2D eigenvalue weighted by Gasteiger charge is 2.50. The van der Waals surface area contributed by atoms with Gasteiger partial charge >= 0.3 is 0 Å². The third-order valence-corrected chi connectivity index (χ3v) is 17.1. The summed E-state index contributed by atoms with van der Waals surface area (Å²) in [6.07, 6.45) is 0. The summed E-state index contributed by atoms with van der Waals surface area (Å²) >= 11 is 0. The first kappa shape index (κ1) is 43.5. The molecule has 0 amide bonds. The van der Waals surface area contributed by atoms with Crippen LogP contribution in [0.5, 0.6) is 11.6 Å². The molecule has 3 aromatic heterocycles. The monoisotopic (exact) mass is 1020 g/mol. The van der Waals surface area contributed by atoms with E-state index in [1.807, 2.05) is 0 Å². The van der Waals surface area contributed by atoms with Crippen LogP contribution < -0.4 is 52.5 Å². The number of hydrogen-bond acceptors (Lipinski definition) is 6. The van der Waals surface area contributed by atoms with Crippen molar-refractivity contribution >= 4 is 141 Å². The summed E-state index contributed by atoms with van der Waals surface area (Å²) in [5, 5.41) is 4.81. The van der Waals surface area contributed by atoms with Crippen molar-refractivity contribution in [2.75, 3.05) is 14.7 Å². The Hall–Kier alpha value is -10.6. The molecule has 0 aliphatic carbocycles. The highest BCUT2D eigenvalue weighted by molar-refractivity contribution is 7.01. The summed E-state index contributed by atoms with van der Waals surface area (Å²) in [5.41, 5.74) is 21.2. The smallest absolute Gasteiger partial charge is 0.281 e. The molecule has 0 spiro atoms. The number of rotatable bonds is 5. The molecule has 0 unspecified atom stereocenters. The van der Waals surface area contributed by atoms with Crippen molar-refractivity contribution in [1.82, 2.24) is 19.1 Å². The fraction of sp³-hybridized carbons (Fsp3) is 0. The van der Waals surface area contributed by atoms with Crippen LogP contribution in [-0.2, 0) is 0 Å². The summed E-state index contributed by atoms with van der Waals surface area (Å²) in [6, 6.07) is 94.2. The van der Waals surface area contributed by atoms with Gasteiger partial charge in [0, 0.05) is 73.1 Å². The molecule has 7 heterocycles. The lowest BCUT2D eigenvalue weighted by Gasteiger charge is -2.44. The largest absolute Gasteiger partial charge is 0.438 e. The third kappa shape index (κ3) is 5.96. The molecular formula is C70H43B2N7O. The van der Waals surface area contributed by atoms with E-state index in [0.29, 0.717) is 5.88 Å². The van der Waals surface area contributed by atoms with Crippen LogP contribution in [0.25, 0.3) is 55.0 Å². The topological polar surface area (TPSA) is 54.6 Å². The van der Waals surface area contributed by atoms with Crippen LogP contribution in [0.4, 0.5) is 51.3 Å². The second-order valence-corrected chi connectivity index (χ2v) is 21.2. The van der Waals surface area contributed by atoms with Gasteiger partial charge in [0.1, 0.15) is 5.75 Å². The molecule has 4 aliphatic heterocycles. The van der Waals surface area contributed by atoms with Gasteiger partial charge in [-0.15, -0.1) is 0 Å². The predicted molar refractivity (Wildman–Crippen MR) is 331 cm³/mol. The van der Waals surface area contributed by atoms with E-state index in [4.69, 9.17) is 14.7 Å². The first-order chi connectivity index (χ1) is 39.7. The van der Waals surface area contributed by atoms with Crippen LogP contribution >= 0.6 is 0 Å². The van der Waals surface area contributed by atoms with Crippen molar-refractivity contribution < 1.29 is 4.74 Å². The number of para-hydroxylation sites is 9. The molecule has 370 valence electrons. The number of anilines is 9. The molecule has 4 aliphatic rings. The molecule has 0 saturated carbocycles. The fourth-order valence-electron chi connectivity index (χ4n) is 13.9. The van der Waals surface area contributed by atoms with Gasteiger partial charge in [-0.2, -0.15) is 4.98 Å². The van der Waals surface area contributed by atoms with Crippen molar-refractivity contribution in [1.29, 1.82) is 0 Å². The van der Waals surface area contributed by atoms with E-state index in [1.165, 1.54) is 21.5 Å². The molecule has 14 aromatic rings. The minimum Gasteiger partial charge on any atom is -0.438 e. The molecule has 0 atom stereocenters. The summed E-state index contributed by atoms with van der Waals surface area (Å²) < 4.78 is 12.3. The molecule has 0 saturated heterocycles. The lowest BCUT2D eigenvalue weighted by Crippen LogP contribution is -2.66.